The molecule has 0 unspecified atom stereocenters. The van der Waals surface area contributed by atoms with Gasteiger partial charge in [-0.25, -0.2) is 18.6 Å². The van der Waals surface area contributed by atoms with E-state index in [2.05, 4.69) is 10.9 Å². The zero-order chi connectivity index (χ0) is 14.0. The summed E-state index contributed by atoms with van der Waals surface area (Å²) in [5, 5.41) is 18.3. The summed E-state index contributed by atoms with van der Waals surface area (Å²) in [6, 6.07) is 5.37. The van der Waals surface area contributed by atoms with Gasteiger partial charge in [-0.1, -0.05) is 0 Å². The molecule has 1 saturated heterocycles. The van der Waals surface area contributed by atoms with Crippen molar-refractivity contribution in [3.63, 3.8) is 0 Å². The SMILES string of the molecule is O=C(O)c1ccc(NN[C@H]2CS(=O)(=O)C[C@@H]2O)cc1. The number of carboxylic acids is 1. The van der Waals surface area contributed by atoms with E-state index in [1.165, 1.54) is 12.1 Å². The molecule has 1 fully saturated rings. The number of anilines is 1. The molecule has 2 rings (SSSR count). The molecule has 0 bridgehead atoms. The zero-order valence-corrected chi connectivity index (χ0v) is 10.7. The third-order valence-corrected chi connectivity index (χ3v) is 4.57. The van der Waals surface area contributed by atoms with Gasteiger partial charge in [0, 0.05) is 5.69 Å². The molecule has 1 aliphatic rings. The first-order valence-corrected chi connectivity index (χ1v) is 7.43. The summed E-state index contributed by atoms with van der Waals surface area (Å²) >= 11 is 0. The van der Waals surface area contributed by atoms with E-state index in [0.29, 0.717) is 5.69 Å². The molecule has 7 nitrogen and oxygen atoms in total. The largest absolute Gasteiger partial charge is 0.478 e. The van der Waals surface area contributed by atoms with Crippen molar-refractivity contribution in [2.45, 2.75) is 12.1 Å². The Kier molecular flexibility index (Phi) is 3.74. The third kappa shape index (κ3) is 3.43. The fourth-order valence-electron chi connectivity index (χ4n) is 1.84. The number of hydrogen-bond donors (Lipinski definition) is 4. The number of carbonyl (C=O) groups is 1. The minimum absolute atomic E-state index is 0.131. The number of hydrazine groups is 1. The van der Waals surface area contributed by atoms with E-state index in [4.69, 9.17) is 5.11 Å². The number of carboxylic acid groups (broad SMARTS) is 1. The average molecular weight is 286 g/mol. The van der Waals surface area contributed by atoms with Crippen LogP contribution in [0, 0.1) is 0 Å². The Bertz CT molecular complexity index is 569. The standard InChI is InChI=1S/C11H14N2O5S/c14-10-6-19(17,18)5-9(10)13-12-8-3-1-7(2-4-8)11(15)16/h1-4,9-10,12-14H,5-6H2,(H,15,16)/t9-,10-/m0/s1. The highest BCUT2D eigenvalue weighted by Crippen LogP contribution is 2.13. The van der Waals surface area contributed by atoms with Crippen LogP contribution in [-0.2, 0) is 9.84 Å². The van der Waals surface area contributed by atoms with Gasteiger partial charge in [-0.2, -0.15) is 0 Å². The smallest absolute Gasteiger partial charge is 0.335 e. The predicted molar refractivity (Wildman–Crippen MR) is 68.6 cm³/mol. The molecule has 0 aromatic heterocycles. The number of aromatic carboxylic acids is 1. The fraction of sp³-hybridized carbons (Fsp3) is 0.364. The Morgan fingerprint density at radius 3 is 2.32 bits per heavy atom. The predicted octanol–water partition coefficient (Wildman–Crippen LogP) is -0.541. The Labute approximate surface area is 110 Å². The number of hydrogen-bond acceptors (Lipinski definition) is 6. The molecule has 1 aliphatic heterocycles. The van der Waals surface area contributed by atoms with Crippen LogP contribution in [0.4, 0.5) is 5.69 Å². The van der Waals surface area contributed by atoms with Crippen LogP contribution in [0.2, 0.25) is 0 Å². The van der Waals surface area contributed by atoms with Crippen molar-refractivity contribution in [3.8, 4) is 0 Å². The summed E-state index contributed by atoms with van der Waals surface area (Å²) in [5.41, 5.74) is 6.22. The van der Waals surface area contributed by atoms with Crippen LogP contribution < -0.4 is 10.9 Å². The van der Waals surface area contributed by atoms with Crippen LogP contribution in [-0.4, -0.2) is 48.3 Å². The lowest BCUT2D eigenvalue weighted by molar-refractivity contribution is 0.0697. The van der Waals surface area contributed by atoms with Crippen LogP contribution in [0.1, 0.15) is 10.4 Å². The topological polar surface area (TPSA) is 116 Å². The molecule has 104 valence electrons. The van der Waals surface area contributed by atoms with Gasteiger partial charge in [-0.3, -0.25) is 0 Å². The van der Waals surface area contributed by atoms with E-state index in [1.807, 2.05) is 0 Å². The second kappa shape index (κ2) is 5.16. The first-order chi connectivity index (χ1) is 8.87. The molecular formula is C11H14N2O5S. The van der Waals surface area contributed by atoms with Crippen molar-refractivity contribution in [1.82, 2.24) is 5.43 Å². The third-order valence-electron chi connectivity index (χ3n) is 2.86. The van der Waals surface area contributed by atoms with Crippen LogP contribution in [0.25, 0.3) is 0 Å². The van der Waals surface area contributed by atoms with E-state index in [1.54, 1.807) is 12.1 Å². The Morgan fingerprint density at radius 1 is 1.21 bits per heavy atom. The van der Waals surface area contributed by atoms with Gasteiger partial charge in [-0.05, 0) is 24.3 Å². The van der Waals surface area contributed by atoms with Gasteiger partial charge in [0.25, 0.3) is 0 Å². The van der Waals surface area contributed by atoms with E-state index in [0.717, 1.165) is 0 Å². The van der Waals surface area contributed by atoms with Crippen LogP contribution in [0.15, 0.2) is 24.3 Å². The number of benzene rings is 1. The normalized spacial score (nSPS) is 25.1. The summed E-state index contributed by atoms with van der Waals surface area (Å²) in [5.74, 6) is -1.39. The molecule has 0 aliphatic carbocycles. The van der Waals surface area contributed by atoms with Crippen LogP contribution in [0.3, 0.4) is 0 Å². The Balaban J connectivity index is 1.94. The number of sulfone groups is 1. The highest BCUT2D eigenvalue weighted by atomic mass is 32.2. The first kappa shape index (κ1) is 13.8. The summed E-state index contributed by atoms with van der Waals surface area (Å²) < 4.78 is 22.6. The van der Waals surface area contributed by atoms with Crippen molar-refractivity contribution >= 4 is 21.5 Å². The second-order valence-electron chi connectivity index (χ2n) is 4.40. The van der Waals surface area contributed by atoms with Crippen LogP contribution >= 0.6 is 0 Å². The van der Waals surface area contributed by atoms with Gasteiger partial charge < -0.3 is 15.6 Å². The lowest BCUT2D eigenvalue weighted by atomic mass is 10.2. The first-order valence-electron chi connectivity index (χ1n) is 5.61. The molecule has 2 atom stereocenters. The molecule has 0 radical (unpaired) electrons. The van der Waals surface area contributed by atoms with Gasteiger partial charge in [0.15, 0.2) is 9.84 Å². The zero-order valence-electron chi connectivity index (χ0n) is 9.91. The molecule has 0 spiro atoms. The highest BCUT2D eigenvalue weighted by Gasteiger charge is 2.36. The molecule has 19 heavy (non-hydrogen) atoms. The molecule has 1 aromatic carbocycles. The summed E-state index contributed by atoms with van der Waals surface area (Å²) in [6.07, 6.45) is -0.948. The molecule has 1 aromatic rings. The van der Waals surface area contributed by atoms with E-state index in [9.17, 15) is 18.3 Å². The van der Waals surface area contributed by atoms with Gasteiger partial charge in [0.1, 0.15) is 0 Å². The second-order valence-corrected chi connectivity index (χ2v) is 6.56. The van der Waals surface area contributed by atoms with Gasteiger partial charge in [-0.15, -0.1) is 0 Å². The summed E-state index contributed by atoms with van der Waals surface area (Å²) in [4.78, 5) is 10.7. The van der Waals surface area contributed by atoms with Gasteiger partial charge in [0.05, 0.1) is 29.2 Å². The maximum absolute atomic E-state index is 11.3. The minimum Gasteiger partial charge on any atom is -0.478 e. The summed E-state index contributed by atoms with van der Waals surface area (Å²) in [6.45, 7) is 0. The fourth-order valence-corrected chi connectivity index (χ4v) is 3.58. The minimum atomic E-state index is -3.20. The van der Waals surface area contributed by atoms with Crippen molar-refractivity contribution in [2.75, 3.05) is 16.9 Å². The van der Waals surface area contributed by atoms with Crippen molar-refractivity contribution in [3.05, 3.63) is 29.8 Å². The van der Waals surface area contributed by atoms with E-state index < -0.39 is 28.0 Å². The van der Waals surface area contributed by atoms with E-state index in [-0.39, 0.29) is 17.1 Å². The van der Waals surface area contributed by atoms with Gasteiger partial charge >= 0.3 is 5.97 Å². The van der Waals surface area contributed by atoms with Crippen LogP contribution in [0.5, 0.6) is 0 Å². The van der Waals surface area contributed by atoms with E-state index >= 15 is 0 Å². The van der Waals surface area contributed by atoms with Crippen molar-refractivity contribution < 1.29 is 23.4 Å². The van der Waals surface area contributed by atoms with Crippen molar-refractivity contribution in [1.29, 1.82) is 0 Å². The Morgan fingerprint density at radius 2 is 1.84 bits per heavy atom. The molecular weight excluding hydrogens is 272 g/mol. The monoisotopic (exact) mass is 286 g/mol. The number of nitrogens with one attached hydrogen (secondary N) is 2. The van der Waals surface area contributed by atoms with Crippen molar-refractivity contribution in [2.24, 2.45) is 0 Å². The maximum Gasteiger partial charge on any atom is 0.335 e. The highest BCUT2D eigenvalue weighted by molar-refractivity contribution is 7.91. The molecule has 1 heterocycles. The quantitative estimate of drug-likeness (QED) is 0.549. The molecule has 0 saturated carbocycles. The van der Waals surface area contributed by atoms with Gasteiger partial charge in [0.2, 0.25) is 0 Å². The molecule has 8 heteroatoms. The molecule has 0 amide bonds. The molecule has 4 N–H and O–H groups in total. The number of aliphatic hydroxyl groups is 1. The lowest BCUT2D eigenvalue weighted by Crippen LogP contribution is -2.42. The average Bonchev–Trinajstić information content (AvgIpc) is 2.60. The number of aliphatic hydroxyl groups excluding tert-OH is 1. The Hall–Kier alpha value is -1.64. The lowest BCUT2D eigenvalue weighted by Gasteiger charge is -2.16. The maximum atomic E-state index is 11.3. The summed E-state index contributed by atoms with van der Waals surface area (Å²) in [7, 11) is -3.20. The number of rotatable bonds is 4.